The van der Waals surface area contributed by atoms with E-state index in [1.54, 1.807) is 31.0 Å². The number of carboxylic acid groups (broad SMARTS) is 1. The Morgan fingerprint density at radius 2 is 1.84 bits per heavy atom. The summed E-state index contributed by atoms with van der Waals surface area (Å²) in [5.74, 6) is -3.14. The van der Waals surface area contributed by atoms with Gasteiger partial charge in [-0.25, -0.2) is 23.5 Å². The van der Waals surface area contributed by atoms with Crippen molar-refractivity contribution in [3.63, 3.8) is 0 Å². The molecule has 4 aromatic rings. The predicted octanol–water partition coefficient (Wildman–Crippen LogP) is 4.59. The summed E-state index contributed by atoms with van der Waals surface area (Å²) in [6.07, 6.45) is 1.56. The molecule has 0 unspecified atom stereocenters. The number of nitrogens with zero attached hydrogens (tertiary/aromatic N) is 5. The minimum absolute atomic E-state index is 0.0230. The molecule has 9 nitrogen and oxygen atoms in total. The number of rotatable bonds is 5. The van der Waals surface area contributed by atoms with Crippen LogP contribution in [0.1, 0.15) is 51.3 Å². The first-order valence-electron chi connectivity index (χ1n) is 11.4. The number of aromatic nitrogens is 3. The molecule has 0 bridgehead atoms. The number of aromatic carboxylic acids is 1. The van der Waals surface area contributed by atoms with Crippen LogP contribution in [0.4, 0.5) is 20.3 Å². The highest BCUT2D eigenvalue weighted by molar-refractivity contribution is 6.29. The van der Waals surface area contributed by atoms with Gasteiger partial charge in [-0.05, 0) is 60.9 Å². The molecule has 1 aliphatic heterocycles. The van der Waals surface area contributed by atoms with Gasteiger partial charge in [-0.2, -0.15) is 5.26 Å². The first kappa shape index (κ1) is 25.1. The number of pyridine rings is 2. The molecule has 1 atom stereocenters. The third-order valence-corrected chi connectivity index (χ3v) is 6.56. The number of benzene rings is 1. The number of nitrogens with one attached hydrogen (secondary N) is 1. The minimum atomic E-state index is -1.27. The Hall–Kier alpha value is -4.56. The monoisotopic (exact) mass is 536 g/mol. The summed E-state index contributed by atoms with van der Waals surface area (Å²) in [5, 5.41) is 22.5. The molecule has 0 amide bonds. The van der Waals surface area contributed by atoms with Crippen LogP contribution in [0.2, 0.25) is 5.15 Å². The quantitative estimate of drug-likeness (QED) is 0.355. The molecule has 0 saturated carbocycles. The molecule has 5 rings (SSSR count). The highest BCUT2D eigenvalue weighted by Crippen LogP contribution is 2.32. The van der Waals surface area contributed by atoms with Crippen molar-refractivity contribution in [2.24, 2.45) is 0 Å². The van der Waals surface area contributed by atoms with E-state index in [-0.39, 0.29) is 46.7 Å². The normalized spacial score (nSPS) is 13.3. The number of carbonyl (C=O) groups is 1. The lowest BCUT2D eigenvalue weighted by molar-refractivity contribution is 0.0691. The topological polar surface area (TPSA) is 124 Å². The number of hydrogen-bond donors (Lipinski definition) is 2. The molecule has 0 fully saturated rings. The third-order valence-electron chi connectivity index (χ3n) is 6.35. The van der Waals surface area contributed by atoms with E-state index in [1.165, 1.54) is 16.5 Å². The van der Waals surface area contributed by atoms with E-state index in [0.29, 0.717) is 22.3 Å². The Labute approximate surface area is 219 Å². The summed E-state index contributed by atoms with van der Waals surface area (Å²) in [4.78, 5) is 35.3. The van der Waals surface area contributed by atoms with E-state index in [4.69, 9.17) is 11.6 Å². The van der Waals surface area contributed by atoms with Crippen LogP contribution in [0.25, 0.3) is 5.65 Å². The molecule has 3 aromatic heterocycles. The van der Waals surface area contributed by atoms with E-state index in [9.17, 15) is 28.7 Å². The van der Waals surface area contributed by atoms with Gasteiger partial charge < -0.3 is 15.3 Å². The molecular weight excluding hydrogens is 518 g/mol. The Morgan fingerprint density at radius 3 is 2.45 bits per heavy atom. The van der Waals surface area contributed by atoms with Crippen molar-refractivity contribution in [1.82, 2.24) is 14.4 Å². The predicted molar refractivity (Wildman–Crippen MR) is 135 cm³/mol. The summed E-state index contributed by atoms with van der Waals surface area (Å²) in [7, 11) is 0. The average Bonchev–Trinajstić information content (AvgIpc) is 3.27. The largest absolute Gasteiger partial charge is 0.476 e. The molecule has 1 aromatic carbocycles. The minimum Gasteiger partial charge on any atom is -0.476 e. The molecule has 1 aliphatic rings. The van der Waals surface area contributed by atoms with Crippen LogP contribution in [-0.2, 0) is 13.1 Å². The van der Waals surface area contributed by atoms with Crippen LogP contribution < -0.4 is 15.8 Å². The molecule has 4 heterocycles. The fourth-order valence-electron chi connectivity index (χ4n) is 4.61. The van der Waals surface area contributed by atoms with Gasteiger partial charge in [0.05, 0.1) is 11.7 Å². The van der Waals surface area contributed by atoms with Gasteiger partial charge in [-0.3, -0.25) is 9.20 Å². The van der Waals surface area contributed by atoms with Crippen LogP contribution in [0.3, 0.4) is 0 Å². The maximum absolute atomic E-state index is 13.8. The number of nitriles is 1. The van der Waals surface area contributed by atoms with Crippen molar-refractivity contribution in [1.29, 1.82) is 5.26 Å². The fraction of sp³-hybridized carbons (Fsp3) is 0.192. The lowest BCUT2D eigenvalue weighted by Gasteiger charge is -2.22. The number of fused-ring (bicyclic) bond motifs is 2. The molecule has 12 heteroatoms. The lowest BCUT2D eigenvalue weighted by atomic mass is 10.1. The zero-order chi connectivity index (χ0) is 27.3. The second kappa shape index (κ2) is 9.39. The van der Waals surface area contributed by atoms with Gasteiger partial charge in [0, 0.05) is 24.8 Å². The first-order valence-corrected chi connectivity index (χ1v) is 11.8. The highest BCUT2D eigenvalue weighted by Gasteiger charge is 2.28. The van der Waals surface area contributed by atoms with Crippen molar-refractivity contribution >= 4 is 34.7 Å². The Kier molecular flexibility index (Phi) is 6.20. The second-order valence-electron chi connectivity index (χ2n) is 8.99. The van der Waals surface area contributed by atoms with E-state index in [1.807, 2.05) is 6.07 Å². The van der Waals surface area contributed by atoms with Crippen LogP contribution in [0, 0.1) is 29.9 Å². The maximum Gasteiger partial charge on any atom is 0.356 e. The molecule has 0 spiro atoms. The smallest absolute Gasteiger partial charge is 0.356 e. The Balaban J connectivity index is 1.63. The second-order valence-corrected chi connectivity index (χ2v) is 9.37. The van der Waals surface area contributed by atoms with Gasteiger partial charge in [0.1, 0.15) is 16.9 Å². The summed E-state index contributed by atoms with van der Waals surface area (Å²) in [6, 6.07) is 8.31. The lowest BCUT2D eigenvalue weighted by Crippen LogP contribution is -2.27. The van der Waals surface area contributed by atoms with E-state index in [2.05, 4.69) is 15.3 Å². The summed E-state index contributed by atoms with van der Waals surface area (Å²) in [5.41, 5.74) is 1.69. The molecule has 0 radical (unpaired) electrons. The third kappa shape index (κ3) is 4.29. The summed E-state index contributed by atoms with van der Waals surface area (Å²) < 4.78 is 28.9. The Bertz CT molecular complexity index is 1720. The molecule has 0 aliphatic carbocycles. The maximum atomic E-state index is 13.8. The van der Waals surface area contributed by atoms with Crippen molar-refractivity contribution < 1.29 is 18.7 Å². The van der Waals surface area contributed by atoms with Crippen molar-refractivity contribution in [2.45, 2.75) is 33.0 Å². The van der Waals surface area contributed by atoms with Crippen molar-refractivity contribution in [3.8, 4) is 6.07 Å². The van der Waals surface area contributed by atoms with Gasteiger partial charge in [0.15, 0.2) is 28.7 Å². The van der Waals surface area contributed by atoms with Crippen molar-refractivity contribution in [3.05, 3.63) is 97.2 Å². The average molecular weight is 537 g/mol. The van der Waals surface area contributed by atoms with Gasteiger partial charge in [0.25, 0.3) is 5.56 Å². The van der Waals surface area contributed by atoms with Gasteiger partial charge in [-0.1, -0.05) is 11.6 Å². The number of aryl methyl sites for hydroxylation is 1. The SMILES string of the molecule is Cc1cc([C@@H](C)Nc2ccc(Cl)nc2C(=O)O)c2nc(N3Cc4cc(F)c(F)cc4C3)c(C#N)c(=O)n2c1. The number of halogens is 3. The van der Waals surface area contributed by atoms with Crippen LogP contribution in [-0.4, -0.2) is 25.4 Å². The molecular formula is C26H19ClF2N6O3. The zero-order valence-electron chi connectivity index (χ0n) is 20.1. The first-order chi connectivity index (χ1) is 18.1. The van der Waals surface area contributed by atoms with Gasteiger partial charge in [-0.15, -0.1) is 0 Å². The van der Waals surface area contributed by atoms with E-state index < -0.39 is 29.2 Å². The number of anilines is 2. The molecule has 2 N–H and O–H groups in total. The summed E-state index contributed by atoms with van der Waals surface area (Å²) >= 11 is 5.87. The van der Waals surface area contributed by atoms with Gasteiger partial charge >= 0.3 is 5.97 Å². The highest BCUT2D eigenvalue weighted by atomic mass is 35.5. The molecule has 0 saturated heterocycles. The van der Waals surface area contributed by atoms with Crippen LogP contribution >= 0.6 is 11.6 Å². The van der Waals surface area contributed by atoms with Crippen LogP contribution in [0.15, 0.2) is 41.3 Å². The zero-order valence-corrected chi connectivity index (χ0v) is 20.8. The molecule has 192 valence electrons. The van der Waals surface area contributed by atoms with Crippen LogP contribution in [0.5, 0.6) is 0 Å². The van der Waals surface area contributed by atoms with E-state index >= 15 is 0 Å². The standard InChI is InChI=1S/C26H19ClF2N6O3/c1-12-5-16(13(2)31-20-3-4-21(27)32-22(20)26(37)38)24-33-23(17(8-30)25(36)35(24)9-12)34-10-14-6-18(28)19(29)7-15(14)11-34/h3-7,9,13,31H,10-11H2,1-2H3,(H,37,38)/t13-/m1/s1. The number of carboxylic acids is 1. The van der Waals surface area contributed by atoms with Gasteiger partial charge in [0.2, 0.25) is 0 Å². The van der Waals surface area contributed by atoms with E-state index in [0.717, 1.165) is 12.1 Å². The molecule has 38 heavy (non-hydrogen) atoms. The van der Waals surface area contributed by atoms with Crippen molar-refractivity contribution in [2.75, 3.05) is 10.2 Å². The Morgan fingerprint density at radius 1 is 1.18 bits per heavy atom. The fourth-order valence-corrected chi connectivity index (χ4v) is 4.76. The number of hydrogen-bond acceptors (Lipinski definition) is 7. The summed E-state index contributed by atoms with van der Waals surface area (Å²) in [6.45, 7) is 3.81.